The van der Waals surface area contributed by atoms with Gasteiger partial charge in [-0.3, -0.25) is 0 Å². The molecule has 3 heteroatoms. The van der Waals surface area contributed by atoms with Gasteiger partial charge in [-0.15, -0.1) is 0 Å². The van der Waals surface area contributed by atoms with E-state index in [0.717, 1.165) is 28.5 Å². The zero-order chi connectivity index (χ0) is 11.4. The molecule has 0 radical (unpaired) electrons. The summed E-state index contributed by atoms with van der Waals surface area (Å²) in [7, 11) is 0. The third-order valence-electron chi connectivity index (χ3n) is 3.19. The molecule has 16 heavy (non-hydrogen) atoms. The van der Waals surface area contributed by atoms with Crippen molar-refractivity contribution in [3.05, 3.63) is 33.3 Å². The molecule has 0 saturated heterocycles. The summed E-state index contributed by atoms with van der Waals surface area (Å²) in [6.45, 7) is 1.03. The molecule has 1 saturated carbocycles. The van der Waals surface area contributed by atoms with E-state index in [9.17, 15) is 0 Å². The van der Waals surface area contributed by atoms with Crippen molar-refractivity contribution in [2.75, 3.05) is 6.54 Å². The average Bonchev–Trinajstić information content (AvgIpc) is 2.76. The predicted molar refractivity (Wildman–Crippen MR) is 73.1 cm³/mol. The van der Waals surface area contributed by atoms with Crippen molar-refractivity contribution in [1.29, 1.82) is 0 Å². The van der Waals surface area contributed by atoms with Gasteiger partial charge in [0.2, 0.25) is 0 Å². The standard InChI is InChI=1S/C13H17BrClN/c14-11-5-6-13(15)10(9-11)7-8-16-12-3-1-2-4-12/h5-6,9,12,16H,1-4,7-8H2. The minimum Gasteiger partial charge on any atom is -0.314 e. The first-order valence-corrected chi connectivity index (χ1v) is 7.10. The average molecular weight is 303 g/mol. The third kappa shape index (κ3) is 3.47. The molecule has 0 heterocycles. The normalized spacial score (nSPS) is 16.9. The molecule has 0 unspecified atom stereocenters. The lowest BCUT2D eigenvalue weighted by atomic mass is 10.1. The first-order valence-electron chi connectivity index (χ1n) is 5.93. The van der Waals surface area contributed by atoms with E-state index in [4.69, 9.17) is 11.6 Å². The lowest BCUT2D eigenvalue weighted by molar-refractivity contribution is 0.528. The number of rotatable bonds is 4. The topological polar surface area (TPSA) is 12.0 Å². The predicted octanol–water partition coefficient (Wildman–Crippen LogP) is 4.18. The number of hydrogen-bond acceptors (Lipinski definition) is 1. The Morgan fingerprint density at radius 2 is 2.06 bits per heavy atom. The highest BCUT2D eigenvalue weighted by atomic mass is 79.9. The van der Waals surface area contributed by atoms with Gasteiger partial charge in [0.25, 0.3) is 0 Å². The Morgan fingerprint density at radius 3 is 2.81 bits per heavy atom. The first kappa shape index (κ1) is 12.4. The first-order chi connectivity index (χ1) is 7.75. The molecule has 0 spiro atoms. The van der Waals surface area contributed by atoms with Crippen molar-refractivity contribution in [2.45, 2.75) is 38.1 Å². The zero-order valence-electron chi connectivity index (χ0n) is 9.31. The Bertz CT molecular complexity index is 348. The summed E-state index contributed by atoms with van der Waals surface area (Å²) in [6.07, 6.45) is 6.46. The molecule has 0 bridgehead atoms. The van der Waals surface area contributed by atoms with E-state index in [1.807, 2.05) is 12.1 Å². The molecule has 1 aliphatic rings. The SMILES string of the molecule is Clc1ccc(Br)cc1CCNC1CCCC1. The van der Waals surface area contributed by atoms with E-state index in [1.165, 1.54) is 31.2 Å². The molecule has 1 N–H and O–H groups in total. The van der Waals surface area contributed by atoms with E-state index in [2.05, 4.69) is 27.3 Å². The lowest BCUT2D eigenvalue weighted by Gasteiger charge is -2.12. The Balaban J connectivity index is 1.82. The van der Waals surface area contributed by atoms with Crippen LogP contribution in [0.5, 0.6) is 0 Å². The highest BCUT2D eigenvalue weighted by Crippen LogP contribution is 2.22. The Hall–Kier alpha value is -0.0500. The molecule has 2 rings (SSSR count). The molecule has 1 aromatic carbocycles. The van der Waals surface area contributed by atoms with Gasteiger partial charge in [-0.2, -0.15) is 0 Å². The second-order valence-electron chi connectivity index (χ2n) is 4.42. The maximum atomic E-state index is 6.14. The van der Waals surface area contributed by atoms with Gasteiger partial charge in [-0.25, -0.2) is 0 Å². The van der Waals surface area contributed by atoms with E-state index in [0.29, 0.717) is 0 Å². The van der Waals surface area contributed by atoms with E-state index >= 15 is 0 Å². The number of hydrogen-bond donors (Lipinski definition) is 1. The molecule has 1 aliphatic carbocycles. The fraction of sp³-hybridized carbons (Fsp3) is 0.538. The lowest BCUT2D eigenvalue weighted by Crippen LogP contribution is -2.28. The van der Waals surface area contributed by atoms with Crippen molar-refractivity contribution in [3.8, 4) is 0 Å². The summed E-state index contributed by atoms with van der Waals surface area (Å²) in [5.74, 6) is 0. The highest BCUT2D eigenvalue weighted by molar-refractivity contribution is 9.10. The summed E-state index contributed by atoms with van der Waals surface area (Å²) < 4.78 is 1.10. The molecule has 88 valence electrons. The second-order valence-corrected chi connectivity index (χ2v) is 5.74. The minimum absolute atomic E-state index is 0.742. The van der Waals surface area contributed by atoms with Crippen molar-refractivity contribution >= 4 is 27.5 Å². The quantitative estimate of drug-likeness (QED) is 0.880. The summed E-state index contributed by atoms with van der Waals surface area (Å²) in [5.41, 5.74) is 1.22. The number of benzene rings is 1. The van der Waals surface area contributed by atoms with Gasteiger partial charge in [0.05, 0.1) is 0 Å². The van der Waals surface area contributed by atoms with Crippen LogP contribution < -0.4 is 5.32 Å². The van der Waals surface area contributed by atoms with Crippen LogP contribution >= 0.6 is 27.5 Å². The van der Waals surface area contributed by atoms with Gasteiger partial charge >= 0.3 is 0 Å². The van der Waals surface area contributed by atoms with Gasteiger partial charge < -0.3 is 5.32 Å². The molecule has 0 atom stereocenters. The molecule has 1 aromatic rings. The molecule has 0 amide bonds. The molecule has 0 aromatic heterocycles. The third-order valence-corrected chi connectivity index (χ3v) is 4.05. The largest absolute Gasteiger partial charge is 0.314 e. The fourth-order valence-electron chi connectivity index (χ4n) is 2.28. The van der Waals surface area contributed by atoms with Gasteiger partial charge in [0.15, 0.2) is 0 Å². The summed E-state index contributed by atoms with van der Waals surface area (Å²) in [4.78, 5) is 0. The summed E-state index contributed by atoms with van der Waals surface area (Å²) in [6, 6.07) is 6.79. The minimum atomic E-state index is 0.742. The monoisotopic (exact) mass is 301 g/mol. The van der Waals surface area contributed by atoms with Crippen LogP contribution in [0.4, 0.5) is 0 Å². The van der Waals surface area contributed by atoms with E-state index in [-0.39, 0.29) is 0 Å². The number of nitrogens with one attached hydrogen (secondary N) is 1. The van der Waals surface area contributed by atoms with E-state index < -0.39 is 0 Å². The summed E-state index contributed by atoms with van der Waals surface area (Å²) in [5, 5.41) is 4.47. The van der Waals surface area contributed by atoms with Crippen LogP contribution in [0.2, 0.25) is 5.02 Å². The zero-order valence-corrected chi connectivity index (χ0v) is 11.6. The Kier molecular flexibility index (Phi) is 4.68. The van der Waals surface area contributed by atoms with E-state index in [1.54, 1.807) is 0 Å². The van der Waals surface area contributed by atoms with Crippen LogP contribution in [0.3, 0.4) is 0 Å². The fourth-order valence-corrected chi connectivity index (χ4v) is 2.90. The van der Waals surface area contributed by atoms with Crippen molar-refractivity contribution in [2.24, 2.45) is 0 Å². The van der Waals surface area contributed by atoms with Crippen LogP contribution in [0.25, 0.3) is 0 Å². The molecule has 0 aliphatic heterocycles. The second kappa shape index (κ2) is 6.04. The van der Waals surface area contributed by atoms with Gasteiger partial charge in [-0.1, -0.05) is 40.4 Å². The van der Waals surface area contributed by atoms with Crippen LogP contribution in [0.1, 0.15) is 31.2 Å². The Morgan fingerprint density at radius 1 is 1.31 bits per heavy atom. The van der Waals surface area contributed by atoms with Gasteiger partial charge in [-0.05, 0) is 49.6 Å². The summed E-state index contributed by atoms with van der Waals surface area (Å²) >= 11 is 9.62. The maximum absolute atomic E-state index is 6.14. The van der Waals surface area contributed by atoms with Crippen LogP contribution in [-0.4, -0.2) is 12.6 Å². The van der Waals surface area contributed by atoms with Crippen LogP contribution in [0.15, 0.2) is 22.7 Å². The van der Waals surface area contributed by atoms with Crippen molar-refractivity contribution in [3.63, 3.8) is 0 Å². The molecule has 1 nitrogen and oxygen atoms in total. The molecular weight excluding hydrogens is 286 g/mol. The van der Waals surface area contributed by atoms with Gasteiger partial charge in [0, 0.05) is 15.5 Å². The molecule has 1 fully saturated rings. The number of halogens is 2. The maximum Gasteiger partial charge on any atom is 0.0439 e. The van der Waals surface area contributed by atoms with Crippen molar-refractivity contribution < 1.29 is 0 Å². The highest BCUT2D eigenvalue weighted by Gasteiger charge is 2.13. The Labute approximate surface area is 111 Å². The van der Waals surface area contributed by atoms with Crippen LogP contribution in [-0.2, 0) is 6.42 Å². The van der Waals surface area contributed by atoms with Gasteiger partial charge in [0.1, 0.15) is 0 Å². The smallest absolute Gasteiger partial charge is 0.0439 e. The van der Waals surface area contributed by atoms with Crippen molar-refractivity contribution in [1.82, 2.24) is 5.32 Å². The van der Waals surface area contributed by atoms with Crippen LogP contribution in [0, 0.1) is 0 Å². The molecular formula is C13H17BrClN.